The van der Waals surface area contributed by atoms with Crippen molar-refractivity contribution >= 4 is 5.78 Å². The van der Waals surface area contributed by atoms with Crippen LogP contribution in [-0.4, -0.2) is 38.9 Å². The van der Waals surface area contributed by atoms with E-state index in [4.69, 9.17) is 5.73 Å². The average molecular weight is 273 g/mol. The van der Waals surface area contributed by atoms with E-state index in [1.165, 1.54) is 18.5 Å². The third-order valence-electron chi connectivity index (χ3n) is 4.20. The van der Waals surface area contributed by atoms with Crippen LogP contribution in [0.3, 0.4) is 0 Å². The van der Waals surface area contributed by atoms with Gasteiger partial charge in [-0.15, -0.1) is 0 Å². The first-order valence-corrected chi connectivity index (χ1v) is 7.31. The molecule has 1 aliphatic carbocycles. The highest BCUT2D eigenvalue weighted by Crippen LogP contribution is 2.34. The minimum atomic E-state index is 0.482. The number of aromatic nitrogens is 3. The average Bonchev–Trinajstić information content (AvgIpc) is 3.11. The molecule has 1 unspecified atom stereocenters. The number of hydrogen-bond donors (Lipinski definition) is 1. The van der Waals surface area contributed by atoms with Crippen LogP contribution < -0.4 is 5.73 Å². The number of hydrogen-bond acceptors (Lipinski definition) is 4. The van der Waals surface area contributed by atoms with Gasteiger partial charge in [-0.05, 0) is 45.7 Å². The Kier molecular flexibility index (Phi) is 3.48. The highest BCUT2D eigenvalue weighted by atomic mass is 15.2. The lowest BCUT2D eigenvalue weighted by Crippen LogP contribution is -2.39. The number of nitrogens with two attached hydrogens (primary N) is 1. The maximum Gasteiger partial charge on any atom is 0.234 e. The Balaban J connectivity index is 1.82. The fourth-order valence-electron chi connectivity index (χ4n) is 2.98. The molecular formula is C15H23N5. The van der Waals surface area contributed by atoms with Crippen molar-refractivity contribution in [3.63, 3.8) is 0 Å². The van der Waals surface area contributed by atoms with Crippen molar-refractivity contribution in [2.45, 2.75) is 39.3 Å². The second-order valence-corrected chi connectivity index (χ2v) is 6.00. The summed E-state index contributed by atoms with van der Waals surface area (Å²) < 4.78 is 2.06. The number of nitrogens with zero attached hydrogens (tertiary/aromatic N) is 4. The smallest absolute Gasteiger partial charge is 0.234 e. The molecule has 3 rings (SSSR count). The molecule has 0 spiro atoms. The number of rotatable bonds is 5. The molecule has 0 amide bonds. The summed E-state index contributed by atoms with van der Waals surface area (Å²) >= 11 is 0. The molecule has 2 aromatic rings. The molecule has 0 bridgehead atoms. The van der Waals surface area contributed by atoms with Crippen molar-refractivity contribution in [1.82, 2.24) is 19.3 Å². The zero-order valence-electron chi connectivity index (χ0n) is 12.5. The van der Waals surface area contributed by atoms with Gasteiger partial charge in [0.25, 0.3) is 0 Å². The number of likely N-dealkylation sites (N-methyl/N-ethyl adjacent to an activating group) is 1. The van der Waals surface area contributed by atoms with Crippen molar-refractivity contribution in [1.29, 1.82) is 0 Å². The Hall–Kier alpha value is -1.46. The Morgan fingerprint density at radius 2 is 2.15 bits per heavy atom. The monoisotopic (exact) mass is 273 g/mol. The molecule has 0 aliphatic heterocycles. The van der Waals surface area contributed by atoms with Crippen LogP contribution in [0.2, 0.25) is 0 Å². The second-order valence-electron chi connectivity index (χ2n) is 6.00. The van der Waals surface area contributed by atoms with E-state index in [1.807, 2.05) is 6.92 Å². The van der Waals surface area contributed by atoms with E-state index >= 15 is 0 Å². The first-order valence-electron chi connectivity index (χ1n) is 7.31. The fraction of sp³-hybridized carbons (Fsp3) is 0.600. The molecule has 2 aromatic heterocycles. The summed E-state index contributed by atoms with van der Waals surface area (Å²) in [7, 11) is 2.14. The predicted molar refractivity (Wildman–Crippen MR) is 79.5 cm³/mol. The number of aryl methyl sites for hydroxylation is 2. The fourth-order valence-corrected chi connectivity index (χ4v) is 2.98. The number of imidazole rings is 1. The third kappa shape index (κ3) is 2.55. The largest absolute Gasteiger partial charge is 0.329 e. The lowest BCUT2D eigenvalue weighted by atomic mass is 10.1. The summed E-state index contributed by atoms with van der Waals surface area (Å²) in [6.07, 6.45) is 4.72. The Labute approximate surface area is 119 Å². The van der Waals surface area contributed by atoms with Gasteiger partial charge < -0.3 is 5.73 Å². The molecule has 20 heavy (non-hydrogen) atoms. The topological polar surface area (TPSA) is 59.5 Å². The van der Waals surface area contributed by atoms with Crippen LogP contribution in [0.15, 0.2) is 12.3 Å². The summed E-state index contributed by atoms with van der Waals surface area (Å²) in [5.41, 5.74) is 9.16. The van der Waals surface area contributed by atoms with Crippen molar-refractivity contribution in [2.24, 2.45) is 11.7 Å². The first-order chi connectivity index (χ1) is 9.58. The highest BCUT2D eigenvalue weighted by molar-refractivity contribution is 5.34. The lowest BCUT2D eigenvalue weighted by Gasteiger charge is -2.25. The van der Waals surface area contributed by atoms with Crippen LogP contribution in [-0.2, 0) is 6.54 Å². The van der Waals surface area contributed by atoms with E-state index in [2.05, 4.69) is 45.5 Å². The van der Waals surface area contributed by atoms with Crippen molar-refractivity contribution in [3.05, 3.63) is 29.3 Å². The molecular weight excluding hydrogens is 250 g/mol. The quantitative estimate of drug-likeness (QED) is 0.897. The van der Waals surface area contributed by atoms with E-state index in [0.717, 1.165) is 36.2 Å². The summed E-state index contributed by atoms with van der Waals surface area (Å²) in [6.45, 7) is 5.65. The molecule has 1 fully saturated rings. The summed E-state index contributed by atoms with van der Waals surface area (Å²) in [6, 6.07) is 2.56. The molecule has 2 N–H and O–H groups in total. The minimum absolute atomic E-state index is 0.482. The van der Waals surface area contributed by atoms with Gasteiger partial charge in [0.1, 0.15) is 0 Å². The van der Waals surface area contributed by atoms with E-state index in [0.29, 0.717) is 6.04 Å². The molecule has 1 aliphatic rings. The van der Waals surface area contributed by atoms with Crippen LogP contribution in [0.25, 0.3) is 5.78 Å². The van der Waals surface area contributed by atoms with Gasteiger partial charge in [0, 0.05) is 36.7 Å². The minimum Gasteiger partial charge on any atom is -0.329 e. The van der Waals surface area contributed by atoms with Crippen LogP contribution in [0.5, 0.6) is 0 Å². The van der Waals surface area contributed by atoms with Gasteiger partial charge >= 0.3 is 0 Å². The summed E-state index contributed by atoms with van der Waals surface area (Å²) in [5.74, 6) is 1.57. The third-order valence-corrected chi connectivity index (χ3v) is 4.20. The Bertz CT molecular complexity index is 614. The second kappa shape index (κ2) is 5.14. The van der Waals surface area contributed by atoms with Gasteiger partial charge in [-0.1, -0.05) is 0 Å². The Morgan fingerprint density at radius 3 is 2.80 bits per heavy atom. The van der Waals surface area contributed by atoms with Crippen molar-refractivity contribution in [3.8, 4) is 0 Å². The van der Waals surface area contributed by atoms with E-state index < -0.39 is 0 Å². The van der Waals surface area contributed by atoms with E-state index in [1.54, 1.807) is 0 Å². The Morgan fingerprint density at radius 1 is 1.40 bits per heavy atom. The molecule has 108 valence electrons. The summed E-state index contributed by atoms with van der Waals surface area (Å²) in [4.78, 5) is 11.5. The van der Waals surface area contributed by atoms with Crippen LogP contribution in [0.4, 0.5) is 0 Å². The van der Waals surface area contributed by atoms with Crippen molar-refractivity contribution in [2.75, 3.05) is 13.6 Å². The zero-order valence-corrected chi connectivity index (χ0v) is 12.5. The molecule has 2 heterocycles. The van der Waals surface area contributed by atoms with Crippen LogP contribution in [0, 0.1) is 19.8 Å². The van der Waals surface area contributed by atoms with E-state index in [-0.39, 0.29) is 0 Å². The molecule has 5 heteroatoms. The van der Waals surface area contributed by atoms with Gasteiger partial charge in [-0.25, -0.2) is 9.97 Å². The van der Waals surface area contributed by atoms with E-state index in [9.17, 15) is 0 Å². The molecule has 5 nitrogen and oxygen atoms in total. The molecule has 1 saturated carbocycles. The highest BCUT2D eigenvalue weighted by Gasteiger charge is 2.32. The summed E-state index contributed by atoms with van der Waals surface area (Å²) in [5, 5.41) is 0. The SMILES string of the molecule is Cc1cc(C)n2cc(CN(C)C(CN)C3CC3)nc2n1. The van der Waals surface area contributed by atoms with Crippen LogP contribution in [0.1, 0.15) is 29.9 Å². The van der Waals surface area contributed by atoms with Gasteiger partial charge in [0.05, 0.1) is 5.69 Å². The normalized spacial score (nSPS) is 17.1. The predicted octanol–water partition coefficient (Wildman–Crippen LogP) is 1.52. The van der Waals surface area contributed by atoms with Crippen molar-refractivity contribution < 1.29 is 0 Å². The molecule has 0 saturated heterocycles. The molecule has 0 aromatic carbocycles. The van der Waals surface area contributed by atoms with Gasteiger partial charge in [0.15, 0.2) is 0 Å². The van der Waals surface area contributed by atoms with Gasteiger partial charge in [-0.3, -0.25) is 9.30 Å². The number of fused-ring (bicyclic) bond motifs is 1. The van der Waals surface area contributed by atoms with Gasteiger partial charge in [-0.2, -0.15) is 0 Å². The molecule has 0 radical (unpaired) electrons. The maximum absolute atomic E-state index is 5.91. The van der Waals surface area contributed by atoms with Gasteiger partial charge in [0.2, 0.25) is 5.78 Å². The zero-order chi connectivity index (χ0) is 14.3. The maximum atomic E-state index is 5.91. The standard InChI is InChI=1S/C15H23N5/c1-10-6-11(2)20-9-13(18-15(20)17-10)8-19(3)14(7-16)12-4-5-12/h6,9,12,14H,4-5,7-8,16H2,1-3H3. The lowest BCUT2D eigenvalue weighted by molar-refractivity contribution is 0.213. The first kappa shape index (κ1) is 13.5. The molecule has 1 atom stereocenters. The van der Waals surface area contributed by atoms with Crippen LogP contribution >= 0.6 is 0 Å².